The van der Waals surface area contributed by atoms with E-state index in [4.69, 9.17) is 34.2 Å². The van der Waals surface area contributed by atoms with Crippen LogP contribution in [0.5, 0.6) is 0 Å². The van der Waals surface area contributed by atoms with E-state index in [0.717, 1.165) is 83.3 Å². The summed E-state index contributed by atoms with van der Waals surface area (Å²) in [6, 6.07) is 0. The van der Waals surface area contributed by atoms with E-state index >= 15 is 0 Å². The Labute approximate surface area is 379 Å². The first kappa shape index (κ1) is 58.7. The minimum absolute atomic E-state index is 0.0387. The van der Waals surface area contributed by atoms with Gasteiger partial charge in [-0.3, -0.25) is 0 Å². The maximum Gasteiger partial charge on any atom is 0.407 e. The van der Waals surface area contributed by atoms with Crippen molar-refractivity contribution in [2.45, 2.75) is 136 Å². The second-order valence-corrected chi connectivity index (χ2v) is 15.7. The van der Waals surface area contributed by atoms with E-state index in [1.165, 1.54) is 6.08 Å². The van der Waals surface area contributed by atoms with Gasteiger partial charge in [-0.2, -0.15) is 10.5 Å². The Balaban J connectivity index is 5.71. The minimum atomic E-state index is -0.989. The first-order valence-electron chi connectivity index (χ1n) is 22.8. The normalized spacial score (nSPS) is 11.6. The Morgan fingerprint density at radius 2 is 0.859 bits per heavy atom. The number of nitrogens with one attached hydrogen (secondary N) is 4. The van der Waals surface area contributed by atoms with Crippen molar-refractivity contribution in [3.63, 3.8) is 0 Å². The second-order valence-electron chi connectivity index (χ2n) is 15.7. The number of isocyanates is 1. The summed E-state index contributed by atoms with van der Waals surface area (Å²) in [5.74, 6) is 0. The molecule has 0 radical (unpaired) electrons. The van der Waals surface area contributed by atoms with Gasteiger partial charge in [-0.25, -0.2) is 29.0 Å². The number of ether oxygens (including phenoxy) is 7. The summed E-state index contributed by atoms with van der Waals surface area (Å²) in [6.07, 6.45) is 16.9. The predicted octanol–water partition coefficient (Wildman–Crippen LogP) is 6.86. The number of amides is 4. The van der Waals surface area contributed by atoms with Gasteiger partial charge in [0.1, 0.15) is 45.9 Å². The summed E-state index contributed by atoms with van der Waals surface area (Å²) in [4.78, 5) is 75.5. The summed E-state index contributed by atoms with van der Waals surface area (Å²) in [7, 11) is 0. The van der Waals surface area contributed by atoms with Crippen LogP contribution in [0.3, 0.4) is 0 Å². The number of alkyl carbamates (subject to hydrolysis) is 4. The number of nitrogens with zero attached hydrogens (tertiary/aromatic N) is 3. The van der Waals surface area contributed by atoms with Crippen LogP contribution in [-0.2, 0) is 42.7 Å². The van der Waals surface area contributed by atoms with Crippen LogP contribution in [0.4, 0.5) is 19.2 Å². The lowest BCUT2D eigenvalue weighted by Crippen LogP contribution is -2.44. The molecule has 20 nitrogen and oxygen atoms in total. The van der Waals surface area contributed by atoms with Crippen LogP contribution in [0.25, 0.3) is 0 Å². The largest absolute Gasteiger partial charge is 0.449 e. The van der Waals surface area contributed by atoms with Gasteiger partial charge in [0.25, 0.3) is 12.5 Å². The van der Waals surface area contributed by atoms with Crippen molar-refractivity contribution in [2.75, 3.05) is 85.6 Å². The van der Waals surface area contributed by atoms with Gasteiger partial charge < -0.3 is 59.2 Å². The molecule has 0 aliphatic heterocycles. The molecule has 0 aromatic rings. The van der Waals surface area contributed by atoms with Crippen LogP contribution >= 0.6 is 0 Å². The zero-order valence-corrected chi connectivity index (χ0v) is 38.4. The number of unbranched alkanes of at least 4 members (excludes halogenated alkanes) is 13. The highest BCUT2D eigenvalue weighted by molar-refractivity contribution is 5.68. The Bertz CT molecular complexity index is 1340. The lowest BCUT2D eigenvalue weighted by atomic mass is 9.86. The van der Waals surface area contributed by atoms with Gasteiger partial charge in [0.15, 0.2) is 0 Å². The van der Waals surface area contributed by atoms with Gasteiger partial charge in [0, 0.05) is 32.6 Å². The number of rotatable bonds is 42. The monoisotopic (exact) mass is 910 g/mol. The molecule has 0 aliphatic carbocycles. The average molecular weight is 910 g/mol. The number of carbonyl (C=O) groups is 5. The molecular weight excluding hydrogens is 835 g/mol. The lowest BCUT2D eigenvalue weighted by Gasteiger charge is -2.35. The molecule has 0 heterocycles. The molecule has 0 aromatic carbocycles. The highest BCUT2D eigenvalue weighted by Crippen LogP contribution is 2.29. The van der Waals surface area contributed by atoms with Gasteiger partial charge in [-0.05, 0) is 77.0 Å². The maximum atomic E-state index is 12.8. The molecule has 1 unspecified atom stereocenters. The molecular formula is C44H75N7O13. The molecule has 4 N–H and O–H groups in total. The van der Waals surface area contributed by atoms with E-state index in [1.807, 2.05) is 13.8 Å². The minimum Gasteiger partial charge on any atom is -0.449 e. The Morgan fingerprint density at radius 3 is 1.19 bits per heavy atom. The third-order valence-electron chi connectivity index (χ3n) is 10.4. The SMILES string of the molecule is CCC(COCC(CC)(COC(=O)NCCCCCCOC#N)COC(=O)NCCCCCCOC#N)(COC(=O)NCCCCCCC=O)COC(=O)NCCCCCCN=C=O. The fraction of sp³-hybridized carbons (Fsp3) is 0.818. The molecule has 64 heavy (non-hydrogen) atoms. The Kier molecular flexibility index (Phi) is 38.2. The topological polar surface area (TPSA) is 275 Å². The molecule has 20 heteroatoms. The first-order chi connectivity index (χ1) is 31.1. The summed E-state index contributed by atoms with van der Waals surface area (Å²) in [6.45, 7) is 5.63. The Hall–Kier alpha value is -5.33. The summed E-state index contributed by atoms with van der Waals surface area (Å²) < 4.78 is 38.3. The second kappa shape index (κ2) is 41.7. The van der Waals surface area contributed by atoms with Crippen molar-refractivity contribution in [1.29, 1.82) is 10.5 Å². The highest BCUT2D eigenvalue weighted by atomic mass is 16.6. The number of hydrogen-bond donors (Lipinski definition) is 4. The van der Waals surface area contributed by atoms with Crippen LogP contribution in [-0.4, -0.2) is 122 Å². The summed E-state index contributed by atoms with van der Waals surface area (Å²) >= 11 is 0. The molecule has 4 amide bonds. The molecule has 0 spiro atoms. The standard InChI is InChI=1S/C44H75N7O13/c1-3-43(32-61-39(54)48-23-15-6-5-11-19-27-52,33-62-40(55)49-24-16-8-7-14-22-47-38-53)30-60-31-44(4-2,34-63-41(56)50-25-17-9-12-20-28-58-36-45)35-64-42(57)51-26-18-10-13-21-29-59-37-46/h27H,3-26,28-35H2,1-2H3,(H,48,54)(H,49,55)(H,50,56)(H,51,57). The smallest absolute Gasteiger partial charge is 0.407 e. The average Bonchev–Trinajstić information content (AvgIpc) is 3.30. The third kappa shape index (κ3) is 34.2. The number of aldehydes is 1. The summed E-state index contributed by atoms with van der Waals surface area (Å²) in [5.41, 5.74) is -1.97. The number of carbonyl (C=O) groups excluding carboxylic acids is 6. The fourth-order valence-electron chi connectivity index (χ4n) is 6.01. The van der Waals surface area contributed by atoms with E-state index in [2.05, 4.69) is 35.7 Å². The molecule has 1 atom stereocenters. The van der Waals surface area contributed by atoms with Gasteiger partial charge >= 0.3 is 24.4 Å². The molecule has 0 bridgehead atoms. The molecule has 364 valence electrons. The van der Waals surface area contributed by atoms with E-state index < -0.39 is 35.2 Å². The Morgan fingerprint density at radius 1 is 0.516 bits per heavy atom. The molecule has 0 saturated heterocycles. The van der Waals surface area contributed by atoms with Gasteiger partial charge in [-0.15, -0.1) is 0 Å². The van der Waals surface area contributed by atoms with E-state index in [9.17, 15) is 28.8 Å². The van der Waals surface area contributed by atoms with Crippen LogP contribution < -0.4 is 21.3 Å². The number of nitriles is 2. The van der Waals surface area contributed by atoms with Crippen molar-refractivity contribution in [3.05, 3.63) is 0 Å². The van der Waals surface area contributed by atoms with Crippen molar-refractivity contribution < 1.29 is 61.9 Å². The molecule has 0 rings (SSSR count). The van der Waals surface area contributed by atoms with Gasteiger partial charge in [-0.1, -0.05) is 52.4 Å². The third-order valence-corrected chi connectivity index (χ3v) is 10.4. The van der Waals surface area contributed by atoms with Gasteiger partial charge in [0.05, 0.1) is 30.6 Å². The molecule has 0 aromatic heterocycles. The van der Waals surface area contributed by atoms with Crippen molar-refractivity contribution in [1.82, 2.24) is 21.3 Å². The quantitative estimate of drug-likeness (QED) is 0.0122. The highest BCUT2D eigenvalue weighted by Gasteiger charge is 2.37. The lowest BCUT2D eigenvalue weighted by molar-refractivity contribution is -0.107. The van der Waals surface area contributed by atoms with Crippen LogP contribution in [0.15, 0.2) is 4.99 Å². The van der Waals surface area contributed by atoms with E-state index in [0.29, 0.717) is 90.9 Å². The predicted molar refractivity (Wildman–Crippen MR) is 234 cm³/mol. The molecule has 0 fully saturated rings. The maximum absolute atomic E-state index is 12.8. The first-order valence-corrected chi connectivity index (χ1v) is 22.8. The molecule has 0 saturated carbocycles. The zero-order valence-electron chi connectivity index (χ0n) is 38.4. The van der Waals surface area contributed by atoms with E-state index in [-0.39, 0.29) is 39.6 Å². The van der Waals surface area contributed by atoms with Crippen LogP contribution in [0, 0.1) is 33.9 Å². The fourth-order valence-corrected chi connectivity index (χ4v) is 6.01. The van der Waals surface area contributed by atoms with Crippen molar-refractivity contribution in [2.24, 2.45) is 15.8 Å². The van der Waals surface area contributed by atoms with Crippen LogP contribution in [0.1, 0.15) is 136 Å². The molecule has 0 aliphatic rings. The van der Waals surface area contributed by atoms with Crippen molar-refractivity contribution >= 4 is 36.7 Å². The summed E-state index contributed by atoms with van der Waals surface area (Å²) in [5, 5.41) is 27.9. The number of aliphatic imine (C=N–C) groups is 1. The number of hydrogen-bond acceptors (Lipinski definition) is 16. The van der Waals surface area contributed by atoms with Crippen LogP contribution in [0.2, 0.25) is 0 Å². The zero-order chi connectivity index (χ0) is 47.3. The van der Waals surface area contributed by atoms with Crippen molar-refractivity contribution in [3.8, 4) is 12.5 Å². The van der Waals surface area contributed by atoms with Gasteiger partial charge in [0.2, 0.25) is 6.08 Å². The van der Waals surface area contributed by atoms with E-state index in [1.54, 1.807) is 12.5 Å².